The molecular weight excluding hydrogens is 388 g/mol. The lowest BCUT2D eigenvalue weighted by atomic mass is 9.46. The summed E-state index contributed by atoms with van der Waals surface area (Å²) in [6.07, 6.45) is 7.68. The zero-order valence-corrected chi connectivity index (χ0v) is 20.2. The van der Waals surface area contributed by atoms with Gasteiger partial charge in [-0.2, -0.15) is 0 Å². The summed E-state index contributed by atoms with van der Waals surface area (Å²) in [5.41, 5.74) is 1.65. The molecule has 3 saturated carbocycles. The van der Waals surface area contributed by atoms with Crippen LogP contribution in [-0.2, 0) is 14.4 Å². The van der Waals surface area contributed by atoms with Gasteiger partial charge in [-0.15, -0.1) is 0 Å². The number of hydrogen-bond acceptors (Lipinski definition) is 3. The molecule has 2 amide bonds. The van der Waals surface area contributed by atoms with Crippen molar-refractivity contribution in [2.45, 2.75) is 98.4 Å². The van der Waals surface area contributed by atoms with E-state index in [2.05, 4.69) is 45.3 Å². The van der Waals surface area contributed by atoms with Gasteiger partial charge in [0.25, 0.3) is 0 Å². The van der Waals surface area contributed by atoms with Gasteiger partial charge in [-0.3, -0.25) is 14.4 Å². The largest absolute Gasteiger partial charge is 0.351 e. The molecule has 0 aromatic heterocycles. The van der Waals surface area contributed by atoms with E-state index in [0.717, 1.165) is 44.9 Å². The Labute approximate surface area is 187 Å². The van der Waals surface area contributed by atoms with Gasteiger partial charge in [-0.25, -0.2) is 0 Å². The zero-order valence-electron chi connectivity index (χ0n) is 20.2. The van der Waals surface area contributed by atoms with E-state index in [0.29, 0.717) is 29.9 Å². The number of Topliss-reactive ketones (excluding diaryl/α,β-unsaturated/α-hetero) is 1. The lowest BCUT2D eigenvalue weighted by molar-refractivity contribution is -0.134. The summed E-state index contributed by atoms with van der Waals surface area (Å²) >= 11 is 0. The normalized spacial score (nSPS) is 40.0. The second-order valence-electron chi connectivity index (χ2n) is 12.2. The highest BCUT2D eigenvalue weighted by atomic mass is 16.2. The molecule has 4 rings (SSSR count). The number of ketones is 1. The van der Waals surface area contributed by atoms with E-state index in [4.69, 9.17) is 0 Å². The highest BCUT2D eigenvalue weighted by molar-refractivity contribution is 6.00. The highest BCUT2D eigenvalue weighted by Gasteiger charge is 2.60. The van der Waals surface area contributed by atoms with Gasteiger partial charge in [0.1, 0.15) is 0 Å². The predicted molar refractivity (Wildman–Crippen MR) is 121 cm³/mol. The molecule has 5 heteroatoms. The molecular formula is C26H40N2O3. The van der Waals surface area contributed by atoms with E-state index in [1.54, 1.807) is 0 Å². The fourth-order valence-electron chi connectivity index (χ4n) is 7.92. The van der Waals surface area contributed by atoms with E-state index in [9.17, 15) is 14.4 Å². The van der Waals surface area contributed by atoms with Gasteiger partial charge in [0, 0.05) is 24.8 Å². The molecule has 6 atom stereocenters. The van der Waals surface area contributed by atoms with Gasteiger partial charge in [-0.05, 0) is 99.9 Å². The second-order valence-corrected chi connectivity index (χ2v) is 12.2. The fourth-order valence-corrected chi connectivity index (χ4v) is 7.92. The third-order valence-corrected chi connectivity index (χ3v) is 9.24. The van der Waals surface area contributed by atoms with Crippen molar-refractivity contribution in [1.29, 1.82) is 0 Å². The van der Waals surface area contributed by atoms with Crippen LogP contribution in [0.1, 0.15) is 92.9 Å². The molecule has 0 radical (unpaired) electrons. The van der Waals surface area contributed by atoms with Gasteiger partial charge in [0.2, 0.25) is 11.8 Å². The van der Waals surface area contributed by atoms with E-state index in [1.165, 1.54) is 12.5 Å². The van der Waals surface area contributed by atoms with Gasteiger partial charge in [0.05, 0.1) is 5.70 Å². The number of hydrogen-bond donors (Lipinski definition) is 2. The minimum absolute atomic E-state index is 0.0122. The molecule has 0 unspecified atom stereocenters. The maximum atomic E-state index is 13.2. The van der Waals surface area contributed by atoms with Gasteiger partial charge >= 0.3 is 0 Å². The van der Waals surface area contributed by atoms with Crippen molar-refractivity contribution in [3.8, 4) is 0 Å². The molecule has 0 aromatic rings. The van der Waals surface area contributed by atoms with Crippen LogP contribution in [0.25, 0.3) is 0 Å². The molecule has 0 aromatic carbocycles. The van der Waals surface area contributed by atoms with Crippen molar-refractivity contribution < 1.29 is 14.4 Å². The molecule has 5 nitrogen and oxygen atoms in total. The van der Waals surface area contributed by atoms with Crippen molar-refractivity contribution >= 4 is 17.6 Å². The molecule has 4 aliphatic carbocycles. The van der Waals surface area contributed by atoms with Crippen LogP contribution in [0.3, 0.4) is 0 Å². The molecule has 4 aliphatic rings. The third-order valence-electron chi connectivity index (χ3n) is 9.24. The minimum Gasteiger partial charge on any atom is -0.351 e. The number of allylic oxidation sites excluding steroid dienone is 1. The molecule has 31 heavy (non-hydrogen) atoms. The molecule has 0 heterocycles. The molecule has 2 N–H and O–H groups in total. The molecule has 3 fully saturated rings. The monoisotopic (exact) mass is 428 g/mol. The van der Waals surface area contributed by atoms with E-state index in [1.807, 2.05) is 0 Å². The summed E-state index contributed by atoms with van der Waals surface area (Å²) in [7, 11) is 0. The Morgan fingerprint density at radius 1 is 0.968 bits per heavy atom. The summed E-state index contributed by atoms with van der Waals surface area (Å²) in [5, 5.41) is 6.14. The smallest absolute Gasteiger partial charge is 0.224 e. The average Bonchev–Trinajstić information content (AvgIpc) is 3.00. The minimum atomic E-state index is -0.199. The van der Waals surface area contributed by atoms with E-state index < -0.39 is 0 Å². The lowest BCUT2D eigenvalue weighted by Gasteiger charge is -2.58. The standard InChI is InChI=1S/C26H40N2O3/c1-15(29)27-22-19-8-7-16-17-9-10-20(23(31)28-24(2,3)4)26(17,6)13-11-18(16)25(19,5)14-12-21(22)30/h16-18,20H,7-14H2,1-6H3,(H,27,29)(H,28,31)/t16-,17-,18-,20+,25+,26-/m0/s1. The summed E-state index contributed by atoms with van der Waals surface area (Å²) in [6, 6.07) is 0. The van der Waals surface area contributed by atoms with Gasteiger partial charge in [0.15, 0.2) is 5.78 Å². The second kappa shape index (κ2) is 7.45. The highest BCUT2D eigenvalue weighted by Crippen LogP contribution is 2.67. The quantitative estimate of drug-likeness (QED) is 0.679. The predicted octanol–water partition coefficient (Wildman–Crippen LogP) is 4.51. The molecule has 172 valence electrons. The van der Waals surface area contributed by atoms with Gasteiger partial charge < -0.3 is 10.6 Å². The molecule has 0 saturated heterocycles. The number of rotatable bonds is 2. The van der Waals surface area contributed by atoms with E-state index >= 15 is 0 Å². The molecule has 0 bridgehead atoms. The van der Waals surface area contributed by atoms with Crippen LogP contribution in [0.2, 0.25) is 0 Å². The van der Waals surface area contributed by atoms with Crippen LogP contribution in [0.4, 0.5) is 0 Å². The first kappa shape index (κ1) is 22.5. The summed E-state index contributed by atoms with van der Waals surface area (Å²) in [5.74, 6) is 1.99. The number of amides is 2. The average molecular weight is 429 g/mol. The van der Waals surface area contributed by atoms with Crippen LogP contribution in [0, 0.1) is 34.5 Å². The number of fused-ring (bicyclic) bond motifs is 5. The zero-order chi connectivity index (χ0) is 22.8. The Hall–Kier alpha value is -1.65. The Morgan fingerprint density at radius 2 is 1.68 bits per heavy atom. The number of carbonyl (C=O) groups is 3. The number of carbonyl (C=O) groups excluding carboxylic acids is 3. The molecule has 0 aliphatic heterocycles. The van der Waals surface area contributed by atoms with Crippen molar-refractivity contribution in [2.24, 2.45) is 34.5 Å². The first-order chi connectivity index (χ1) is 14.4. The summed E-state index contributed by atoms with van der Waals surface area (Å²) in [4.78, 5) is 37.6. The first-order valence-electron chi connectivity index (χ1n) is 12.2. The molecule has 0 spiro atoms. The van der Waals surface area contributed by atoms with Crippen molar-refractivity contribution in [3.63, 3.8) is 0 Å². The number of nitrogens with one attached hydrogen (secondary N) is 2. The van der Waals surface area contributed by atoms with E-state index in [-0.39, 0.29) is 39.9 Å². The Kier molecular flexibility index (Phi) is 5.42. The van der Waals surface area contributed by atoms with Gasteiger partial charge in [-0.1, -0.05) is 13.8 Å². The fraction of sp³-hybridized carbons (Fsp3) is 0.808. The van der Waals surface area contributed by atoms with Crippen LogP contribution >= 0.6 is 0 Å². The third kappa shape index (κ3) is 3.66. The summed E-state index contributed by atoms with van der Waals surface area (Å²) in [6.45, 7) is 12.4. The topological polar surface area (TPSA) is 75.3 Å². The maximum absolute atomic E-state index is 13.2. The lowest BCUT2D eigenvalue weighted by Crippen LogP contribution is -2.54. The SMILES string of the molecule is CC(=O)NC1=C2CC[C@H]3[C@@H]4CC[C@H](C(=O)NC(C)(C)C)[C@@]4(C)CC[C@@H]3[C@@]2(C)CCC1=O. The van der Waals surface area contributed by atoms with Crippen molar-refractivity contribution in [2.75, 3.05) is 0 Å². The summed E-state index contributed by atoms with van der Waals surface area (Å²) < 4.78 is 0. The Balaban J connectivity index is 1.62. The Morgan fingerprint density at radius 3 is 2.32 bits per heavy atom. The van der Waals surface area contributed by atoms with Crippen molar-refractivity contribution in [1.82, 2.24) is 10.6 Å². The van der Waals surface area contributed by atoms with Crippen LogP contribution in [0.5, 0.6) is 0 Å². The first-order valence-corrected chi connectivity index (χ1v) is 12.2. The van der Waals surface area contributed by atoms with Crippen LogP contribution < -0.4 is 10.6 Å². The Bertz CT molecular complexity index is 838. The van der Waals surface area contributed by atoms with Crippen LogP contribution in [0.15, 0.2) is 11.3 Å². The maximum Gasteiger partial charge on any atom is 0.224 e. The van der Waals surface area contributed by atoms with Crippen molar-refractivity contribution in [3.05, 3.63) is 11.3 Å². The van der Waals surface area contributed by atoms with Crippen LogP contribution in [-0.4, -0.2) is 23.1 Å².